The van der Waals surface area contributed by atoms with Crippen molar-refractivity contribution < 1.29 is 38.9 Å². The summed E-state index contributed by atoms with van der Waals surface area (Å²) >= 11 is 0. The molecule has 0 saturated carbocycles. The van der Waals surface area contributed by atoms with Crippen LogP contribution in [-0.4, -0.2) is 47.3 Å². The number of hydrogen-bond donors (Lipinski definition) is 2. The van der Waals surface area contributed by atoms with Crippen LogP contribution >= 0.6 is 0 Å². The van der Waals surface area contributed by atoms with Crippen molar-refractivity contribution in [2.75, 3.05) is 13.2 Å². The second kappa shape index (κ2) is 29.3. The van der Waals surface area contributed by atoms with Crippen molar-refractivity contribution in [3.05, 3.63) is 23.3 Å². The van der Waals surface area contributed by atoms with Crippen molar-refractivity contribution in [1.29, 1.82) is 0 Å². The molecule has 0 fully saturated rings. The fraction of sp³-hybridized carbons (Fsp3) is 0.750. The quantitative estimate of drug-likeness (QED) is 0.0678. The van der Waals surface area contributed by atoms with Crippen LogP contribution in [-0.2, 0) is 28.7 Å². The summed E-state index contributed by atoms with van der Waals surface area (Å²) in [6.45, 7) is 9.25. The van der Waals surface area contributed by atoms with Crippen LogP contribution in [0.4, 0.5) is 0 Å². The molecule has 0 atom stereocenters. The van der Waals surface area contributed by atoms with Crippen LogP contribution < -0.4 is 0 Å². The Hall–Kier alpha value is -2.64. The van der Waals surface area contributed by atoms with Crippen LogP contribution in [0, 0.1) is 0 Å². The zero-order valence-electron chi connectivity index (χ0n) is 25.6. The Bertz CT molecular complexity index is 679. The lowest BCUT2D eigenvalue weighted by atomic mass is 9.97. The normalized spacial score (nSPS) is 11.4. The highest BCUT2D eigenvalue weighted by atomic mass is 16.5. The third-order valence-electron chi connectivity index (χ3n) is 6.28. The van der Waals surface area contributed by atoms with Gasteiger partial charge in [-0.25, -0.2) is 19.2 Å². The molecule has 40 heavy (non-hydrogen) atoms. The van der Waals surface area contributed by atoms with Gasteiger partial charge in [-0.15, -0.1) is 0 Å². The van der Waals surface area contributed by atoms with E-state index < -0.39 is 23.9 Å². The molecule has 8 nitrogen and oxygen atoms in total. The van der Waals surface area contributed by atoms with Crippen molar-refractivity contribution in [1.82, 2.24) is 0 Å². The maximum Gasteiger partial charge on any atom is 0.332 e. The molecule has 0 heterocycles. The first-order valence-corrected chi connectivity index (χ1v) is 15.4. The molecule has 8 heteroatoms. The van der Waals surface area contributed by atoms with E-state index in [2.05, 4.69) is 27.7 Å². The van der Waals surface area contributed by atoms with E-state index in [1.807, 2.05) is 0 Å². The van der Waals surface area contributed by atoms with Gasteiger partial charge >= 0.3 is 23.9 Å². The summed E-state index contributed by atoms with van der Waals surface area (Å²) < 4.78 is 9.93. The van der Waals surface area contributed by atoms with E-state index in [0.29, 0.717) is 26.1 Å². The van der Waals surface area contributed by atoms with Gasteiger partial charge in [-0.3, -0.25) is 0 Å². The number of hydrogen-bond acceptors (Lipinski definition) is 6. The molecule has 2 N–H and O–H groups in total. The number of carbonyl (C=O) groups is 4. The van der Waals surface area contributed by atoms with Gasteiger partial charge in [0, 0.05) is 23.3 Å². The highest BCUT2D eigenvalue weighted by Gasteiger charge is 2.19. The predicted molar refractivity (Wildman–Crippen MR) is 159 cm³/mol. The molecule has 0 aromatic carbocycles. The number of ether oxygens (including phenoxy) is 2. The van der Waals surface area contributed by atoms with Gasteiger partial charge < -0.3 is 19.7 Å². The second-order valence-electron chi connectivity index (χ2n) is 9.98. The van der Waals surface area contributed by atoms with E-state index in [1.165, 1.54) is 0 Å². The van der Waals surface area contributed by atoms with Gasteiger partial charge in [0.05, 0.1) is 13.2 Å². The van der Waals surface area contributed by atoms with Crippen molar-refractivity contribution >= 4 is 23.9 Å². The first-order valence-electron chi connectivity index (χ1n) is 15.4. The van der Waals surface area contributed by atoms with Gasteiger partial charge in [-0.05, 0) is 38.5 Å². The number of unbranched alkanes of at least 4 members (excludes halogenated alkanes) is 12. The molecule has 0 aliphatic carbocycles. The van der Waals surface area contributed by atoms with E-state index >= 15 is 0 Å². The van der Waals surface area contributed by atoms with Gasteiger partial charge in [-0.2, -0.15) is 0 Å². The molecule has 0 aromatic heterocycles. The van der Waals surface area contributed by atoms with E-state index in [4.69, 9.17) is 9.47 Å². The molecule has 232 valence electrons. The molecule has 0 aliphatic rings. The minimum atomic E-state index is -1.07. The number of carboxylic acids is 2. The molecule has 0 amide bonds. The molecular formula is C32H56O8. The lowest BCUT2D eigenvalue weighted by molar-refractivity contribution is -0.140. The fourth-order valence-corrected chi connectivity index (χ4v) is 3.87. The number of carboxylic acid groups (broad SMARTS) is 2. The standard InChI is InChI=1S/2C16H28O4/c1-3-5-7-9-13-19-15(17)11-12-16(18)20-14-10-8-6-4-2;1-3-5-7-9-11-13(15(17)18)14(16(19)20)12-10-8-6-4-2/h11-12H,3-10,13-14H2,1-2H3;3-12H2,1-2H3,(H,17,18)(H,19,20)/b;14-13+. The summed E-state index contributed by atoms with van der Waals surface area (Å²) in [5, 5.41) is 18.5. The Kier molecular flexibility index (Phi) is 29.0. The van der Waals surface area contributed by atoms with Gasteiger partial charge in [0.25, 0.3) is 0 Å². The molecule has 0 spiro atoms. The third kappa shape index (κ3) is 25.6. The minimum absolute atomic E-state index is 0.102. The molecule has 0 bridgehead atoms. The van der Waals surface area contributed by atoms with Crippen LogP contribution in [0.25, 0.3) is 0 Å². The lowest BCUT2D eigenvalue weighted by Gasteiger charge is -2.09. The molecule has 0 aromatic rings. The number of rotatable bonds is 24. The average molecular weight is 569 g/mol. The van der Waals surface area contributed by atoms with E-state index in [9.17, 15) is 29.4 Å². The summed E-state index contributed by atoms with van der Waals surface area (Å²) in [5.74, 6) is -3.11. The van der Waals surface area contributed by atoms with Crippen molar-refractivity contribution in [2.24, 2.45) is 0 Å². The number of carbonyl (C=O) groups excluding carboxylic acids is 2. The van der Waals surface area contributed by atoms with Crippen LogP contribution in [0.3, 0.4) is 0 Å². The molecule has 0 saturated heterocycles. The Balaban J connectivity index is 0. The summed E-state index contributed by atoms with van der Waals surface area (Å²) in [5.41, 5.74) is 0.204. The lowest BCUT2D eigenvalue weighted by Crippen LogP contribution is -2.12. The third-order valence-corrected chi connectivity index (χ3v) is 6.28. The van der Waals surface area contributed by atoms with Crippen LogP contribution in [0.15, 0.2) is 23.3 Å². The van der Waals surface area contributed by atoms with Gasteiger partial charge in [0.2, 0.25) is 0 Å². The molecule has 0 radical (unpaired) electrons. The topological polar surface area (TPSA) is 127 Å². The minimum Gasteiger partial charge on any atom is -0.478 e. The van der Waals surface area contributed by atoms with Gasteiger partial charge in [-0.1, -0.05) is 105 Å². The van der Waals surface area contributed by atoms with Crippen molar-refractivity contribution in [2.45, 2.75) is 143 Å². The van der Waals surface area contributed by atoms with Crippen molar-refractivity contribution in [3.63, 3.8) is 0 Å². The summed E-state index contributed by atoms with van der Waals surface area (Å²) in [7, 11) is 0. The zero-order chi connectivity index (χ0) is 30.4. The first-order chi connectivity index (χ1) is 19.2. The second-order valence-corrected chi connectivity index (χ2v) is 9.98. The SMILES string of the molecule is CCCCCC/C(C(=O)O)=C(/CCCCCC)C(=O)O.CCCCCCOC(=O)C=CC(=O)OCCCCCC. The van der Waals surface area contributed by atoms with E-state index in [-0.39, 0.29) is 11.1 Å². The van der Waals surface area contributed by atoms with Gasteiger partial charge in [0.1, 0.15) is 0 Å². The summed E-state index contributed by atoms with van der Waals surface area (Å²) in [6.07, 6.45) is 19.2. The number of esters is 2. The summed E-state index contributed by atoms with van der Waals surface area (Å²) in [6, 6.07) is 0. The number of aliphatic carboxylic acids is 2. The van der Waals surface area contributed by atoms with Crippen LogP contribution in [0.5, 0.6) is 0 Å². The Labute approximate surface area is 242 Å². The highest BCUT2D eigenvalue weighted by Crippen LogP contribution is 2.20. The Morgan fingerprint density at radius 2 is 0.775 bits per heavy atom. The Morgan fingerprint density at radius 1 is 0.475 bits per heavy atom. The van der Waals surface area contributed by atoms with E-state index in [0.717, 1.165) is 115 Å². The monoisotopic (exact) mass is 568 g/mol. The highest BCUT2D eigenvalue weighted by molar-refractivity contribution is 5.98. The summed E-state index contributed by atoms with van der Waals surface area (Å²) in [4.78, 5) is 45.1. The van der Waals surface area contributed by atoms with E-state index in [1.54, 1.807) is 0 Å². The predicted octanol–water partition coefficient (Wildman–Crippen LogP) is 8.18. The Morgan fingerprint density at radius 3 is 1.05 bits per heavy atom. The average Bonchev–Trinajstić information content (AvgIpc) is 2.92. The van der Waals surface area contributed by atoms with Crippen LogP contribution in [0.1, 0.15) is 143 Å². The largest absolute Gasteiger partial charge is 0.478 e. The fourth-order valence-electron chi connectivity index (χ4n) is 3.87. The molecular weight excluding hydrogens is 512 g/mol. The smallest absolute Gasteiger partial charge is 0.332 e. The van der Waals surface area contributed by atoms with Gasteiger partial charge in [0.15, 0.2) is 0 Å². The zero-order valence-corrected chi connectivity index (χ0v) is 25.6. The molecule has 0 rings (SSSR count). The maximum atomic E-state index is 11.3. The molecule has 0 aliphatic heterocycles. The maximum absolute atomic E-state index is 11.3. The van der Waals surface area contributed by atoms with Crippen LogP contribution in [0.2, 0.25) is 0 Å². The first kappa shape index (κ1) is 39.5. The molecule has 0 unspecified atom stereocenters. The van der Waals surface area contributed by atoms with Crippen molar-refractivity contribution in [3.8, 4) is 0 Å².